The van der Waals surface area contributed by atoms with Gasteiger partial charge in [-0.05, 0) is 12.8 Å². The molecule has 0 aromatic rings. The van der Waals surface area contributed by atoms with Gasteiger partial charge in [0.05, 0.1) is 5.71 Å². The molecule has 0 radical (unpaired) electrons. The molecule has 110 valence electrons. The van der Waals surface area contributed by atoms with Gasteiger partial charge in [0.25, 0.3) is 0 Å². The Morgan fingerprint density at radius 1 is 1.21 bits per heavy atom. The van der Waals surface area contributed by atoms with Crippen molar-refractivity contribution < 1.29 is 26.2 Å². The highest BCUT2D eigenvalue weighted by atomic mass is 32.2. The Labute approximate surface area is 113 Å². The molecule has 2 aliphatic rings. The fraction of sp³-hybridized carbons (Fsp3) is 0.900. The molecule has 0 aromatic carbocycles. The summed E-state index contributed by atoms with van der Waals surface area (Å²) in [4.78, 5) is 0. The van der Waals surface area contributed by atoms with Crippen LogP contribution in [0.4, 0.5) is 0 Å². The van der Waals surface area contributed by atoms with E-state index in [1.54, 1.807) is 0 Å². The number of hydrogen-bond donors (Lipinski definition) is 0. The lowest BCUT2D eigenvalue weighted by molar-refractivity contribution is 0.224. The maximum atomic E-state index is 12.4. The third-order valence-electron chi connectivity index (χ3n) is 3.50. The average Bonchev–Trinajstić information content (AvgIpc) is 2.75. The Morgan fingerprint density at radius 3 is 2.32 bits per heavy atom. The zero-order valence-electron chi connectivity index (χ0n) is 10.9. The summed E-state index contributed by atoms with van der Waals surface area (Å²) in [5, 5.41) is 0. The number of hydrogen-bond acceptors (Lipinski definition) is 6. The summed E-state index contributed by atoms with van der Waals surface area (Å²) in [6.07, 6.45) is 4.76. The Bertz CT molecular complexity index is 502. The van der Waals surface area contributed by atoms with Crippen LogP contribution in [0.2, 0.25) is 0 Å². The molecule has 0 bridgehead atoms. The smallest absolute Gasteiger partial charge is 0.310 e. The molecule has 9 heteroatoms. The highest BCUT2D eigenvalue weighted by molar-refractivity contribution is 7.86. The molecule has 19 heavy (non-hydrogen) atoms. The van der Waals surface area contributed by atoms with Gasteiger partial charge in [0.15, 0.2) is 0 Å². The maximum absolute atomic E-state index is 12.4. The second kappa shape index (κ2) is 5.61. The second-order valence-corrected chi connectivity index (χ2v) is 8.14. The molecular weight excluding hydrogens is 293 g/mol. The molecule has 1 fully saturated rings. The van der Waals surface area contributed by atoms with Crippen LogP contribution in [0.1, 0.15) is 32.1 Å². The van der Waals surface area contributed by atoms with Crippen LogP contribution >= 0.6 is 7.60 Å². The van der Waals surface area contributed by atoms with Gasteiger partial charge in [-0.2, -0.15) is 8.42 Å². The lowest BCUT2D eigenvalue weighted by atomic mass is 9.86. The average molecular weight is 311 g/mol. The van der Waals surface area contributed by atoms with Crippen molar-refractivity contribution in [3.05, 3.63) is 0 Å². The monoisotopic (exact) mass is 311 g/mol. The Morgan fingerprint density at radius 2 is 1.79 bits per heavy atom. The van der Waals surface area contributed by atoms with E-state index in [1.165, 1.54) is 14.2 Å². The quantitative estimate of drug-likeness (QED) is 0.738. The topological polar surface area (TPSA) is 91.3 Å². The predicted octanol–water partition coefficient (Wildman–Crippen LogP) is 2.09. The molecular formula is C10H18NO6PS. The van der Waals surface area contributed by atoms with Gasteiger partial charge in [-0.15, -0.1) is 4.40 Å². The van der Waals surface area contributed by atoms with Gasteiger partial charge < -0.3 is 9.05 Å². The molecule has 1 aliphatic heterocycles. The van der Waals surface area contributed by atoms with Gasteiger partial charge in [-0.25, -0.2) is 4.18 Å². The van der Waals surface area contributed by atoms with Crippen molar-refractivity contribution in [1.82, 2.24) is 0 Å². The van der Waals surface area contributed by atoms with Crippen LogP contribution in [0.25, 0.3) is 0 Å². The number of rotatable bonds is 4. The van der Waals surface area contributed by atoms with Gasteiger partial charge in [0, 0.05) is 20.1 Å². The normalized spacial score (nSPS) is 28.3. The number of nitrogens with zero attached hydrogens (tertiary/aromatic N) is 1. The summed E-state index contributed by atoms with van der Waals surface area (Å²) >= 11 is 0. The first-order valence-electron chi connectivity index (χ1n) is 6.16. The summed E-state index contributed by atoms with van der Waals surface area (Å²) < 4.78 is 53.6. The first kappa shape index (κ1) is 15.1. The fourth-order valence-corrected chi connectivity index (χ4v) is 5.34. The predicted molar refractivity (Wildman–Crippen MR) is 69.4 cm³/mol. The third kappa shape index (κ3) is 3.08. The second-order valence-electron chi connectivity index (χ2n) is 4.63. The minimum atomic E-state index is -4.04. The van der Waals surface area contributed by atoms with E-state index in [4.69, 9.17) is 13.2 Å². The van der Waals surface area contributed by atoms with Crippen molar-refractivity contribution in [3.63, 3.8) is 0 Å². The van der Waals surface area contributed by atoms with Crippen molar-refractivity contribution in [3.8, 4) is 0 Å². The molecule has 0 spiro atoms. The molecule has 1 aliphatic carbocycles. The zero-order chi connectivity index (χ0) is 14.1. The standard InChI is InChI=1S/C10H18NO6PS/c1-15-18(12,16-2)10-9(11-19(13,14)17-10)8-6-4-3-5-7-8/h8,10H,3-7H2,1-2H3. The molecule has 2 rings (SSSR count). The molecule has 0 amide bonds. The van der Waals surface area contributed by atoms with Gasteiger partial charge in [0.1, 0.15) is 0 Å². The molecule has 0 aromatic heterocycles. The first-order valence-corrected chi connectivity index (χ1v) is 9.14. The summed E-state index contributed by atoms with van der Waals surface area (Å²) in [6.45, 7) is 0. The Kier molecular flexibility index (Phi) is 4.47. The van der Waals surface area contributed by atoms with Crippen LogP contribution in [-0.2, 0) is 28.1 Å². The molecule has 1 saturated carbocycles. The largest absolute Gasteiger partial charge is 0.382 e. The van der Waals surface area contributed by atoms with Crippen molar-refractivity contribution in [2.75, 3.05) is 14.2 Å². The van der Waals surface area contributed by atoms with Crippen molar-refractivity contribution in [2.45, 2.75) is 37.9 Å². The molecule has 1 atom stereocenters. The lowest BCUT2D eigenvalue weighted by Gasteiger charge is -2.26. The summed E-state index contributed by atoms with van der Waals surface area (Å²) in [6, 6.07) is 0. The van der Waals surface area contributed by atoms with Crippen LogP contribution in [-0.4, -0.2) is 34.2 Å². The Hall–Kier alpha value is -0.270. The summed E-state index contributed by atoms with van der Waals surface area (Å²) in [5.74, 6) is -1.27. The van der Waals surface area contributed by atoms with Gasteiger partial charge >= 0.3 is 17.9 Å². The van der Waals surface area contributed by atoms with E-state index in [0.29, 0.717) is 0 Å². The van der Waals surface area contributed by atoms with Gasteiger partial charge in [-0.3, -0.25) is 4.57 Å². The van der Waals surface area contributed by atoms with Crippen molar-refractivity contribution in [2.24, 2.45) is 10.3 Å². The molecule has 7 nitrogen and oxygen atoms in total. The fourth-order valence-electron chi connectivity index (χ4n) is 2.52. The maximum Gasteiger partial charge on any atom is 0.382 e. The first-order chi connectivity index (χ1) is 8.92. The van der Waals surface area contributed by atoms with Crippen molar-refractivity contribution in [1.29, 1.82) is 0 Å². The molecule has 0 N–H and O–H groups in total. The highest BCUT2D eigenvalue weighted by Gasteiger charge is 2.49. The van der Waals surface area contributed by atoms with E-state index in [1.807, 2.05) is 0 Å². The lowest BCUT2D eigenvalue weighted by Crippen LogP contribution is -2.29. The highest BCUT2D eigenvalue weighted by Crippen LogP contribution is 2.56. The summed E-state index contributed by atoms with van der Waals surface area (Å²) in [7, 11) is -5.29. The van der Waals surface area contributed by atoms with E-state index in [9.17, 15) is 13.0 Å². The third-order valence-corrected chi connectivity index (χ3v) is 6.48. The molecule has 1 unspecified atom stereocenters. The minimum Gasteiger partial charge on any atom is -0.310 e. The van der Waals surface area contributed by atoms with Gasteiger partial charge in [0.2, 0.25) is 5.85 Å². The SMILES string of the molecule is COP(=O)(OC)C1OS(=O)(=O)N=C1C1CCCCC1. The van der Waals surface area contributed by atoms with E-state index < -0.39 is 23.7 Å². The molecule has 0 saturated heterocycles. The van der Waals surface area contributed by atoms with Crippen LogP contribution in [0, 0.1) is 5.92 Å². The summed E-state index contributed by atoms with van der Waals surface area (Å²) in [5.41, 5.74) is 0.284. The van der Waals surface area contributed by atoms with E-state index in [2.05, 4.69) is 4.40 Å². The minimum absolute atomic E-state index is 0.0327. The van der Waals surface area contributed by atoms with Crippen LogP contribution in [0.15, 0.2) is 4.40 Å². The van der Waals surface area contributed by atoms with Crippen LogP contribution < -0.4 is 0 Å². The van der Waals surface area contributed by atoms with E-state index in [0.717, 1.165) is 32.1 Å². The van der Waals surface area contributed by atoms with E-state index in [-0.39, 0.29) is 11.6 Å². The van der Waals surface area contributed by atoms with Crippen LogP contribution in [0.5, 0.6) is 0 Å². The molecule has 1 heterocycles. The Balaban J connectivity index is 2.33. The van der Waals surface area contributed by atoms with Crippen molar-refractivity contribution >= 4 is 23.6 Å². The zero-order valence-corrected chi connectivity index (χ0v) is 12.7. The van der Waals surface area contributed by atoms with E-state index >= 15 is 0 Å². The van der Waals surface area contributed by atoms with Gasteiger partial charge in [-0.1, -0.05) is 19.3 Å². The van der Waals surface area contributed by atoms with Crippen LogP contribution in [0.3, 0.4) is 0 Å².